The van der Waals surface area contributed by atoms with Crippen molar-refractivity contribution < 1.29 is 29.6 Å². The summed E-state index contributed by atoms with van der Waals surface area (Å²) in [6.45, 7) is 0. The van der Waals surface area contributed by atoms with Crippen molar-refractivity contribution in [1.82, 2.24) is 0 Å². The normalized spacial score (nSPS) is 57.6. The highest BCUT2D eigenvalue weighted by Crippen LogP contribution is 2.40. The van der Waals surface area contributed by atoms with Gasteiger partial charge >= 0.3 is 0 Å². The first-order valence-electron chi connectivity index (χ1n) is 3.46. The predicted molar refractivity (Wildman–Crippen MR) is 32.8 cm³/mol. The van der Waals surface area contributed by atoms with Gasteiger partial charge in [-0.25, -0.2) is 0 Å². The minimum absolute atomic E-state index is 0.328. The van der Waals surface area contributed by atoms with Crippen LogP contribution in [0.4, 0.5) is 0 Å². The highest BCUT2D eigenvalue weighted by atomic mass is 16.8. The van der Waals surface area contributed by atoms with E-state index in [9.17, 15) is 15.0 Å². The minimum Gasteiger partial charge on any atom is -0.385 e. The zero-order chi connectivity index (χ0) is 8.93. The summed E-state index contributed by atoms with van der Waals surface area (Å²) in [6.07, 6.45) is -4.80. The lowest BCUT2D eigenvalue weighted by atomic mass is 10.0. The molecule has 0 aliphatic carbocycles. The summed E-state index contributed by atoms with van der Waals surface area (Å²) in [6, 6.07) is 0. The molecule has 2 fully saturated rings. The van der Waals surface area contributed by atoms with Crippen molar-refractivity contribution in [3.05, 3.63) is 0 Å². The smallest absolute Gasteiger partial charge is 0.231 e. The van der Waals surface area contributed by atoms with E-state index in [1.54, 1.807) is 0 Å². The van der Waals surface area contributed by atoms with Crippen LogP contribution in [0.5, 0.6) is 0 Å². The van der Waals surface area contributed by atoms with Crippen LogP contribution in [0.15, 0.2) is 0 Å². The predicted octanol–water partition coefficient (Wildman–Crippen LogP) is -2.65. The average molecular weight is 176 g/mol. The van der Waals surface area contributed by atoms with Crippen LogP contribution >= 0.6 is 0 Å². The zero-order valence-electron chi connectivity index (χ0n) is 5.95. The van der Waals surface area contributed by atoms with Gasteiger partial charge in [0.2, 0.25) is 5.79 Å². The van der Waals surface area contributed by atoms with E-state index in [0.717, 1.165) is 0 Å². The quantitative estimate of drug-likeness (QED) is 0.378. The molecule has 2 rings (SSSR count). The number of aliphatic hydroxyl groups excluding tert-OH is 2. The first-order chi connectivity index (χ1) is 5.59. The Kier molecular flexibility index (Phi) is 1.51. The number of carbonyl (C=O) groups is 1. The second kappa shape index (κ2) is 2.24. The van der Waals surface area contributed by atoms with Crippen LogP contribution in [0.25, 0.3) is 0 Å². The van der Waals surface area contributed by atoms with E-state index in [1.165, 1.54) is 0 Å². The largest absolute Gasteiger partial charge is 0.385 e. The number of hydrogen-bond donors (Lipinski definition) is 3. The van der Waals surface area contributed by atoms with E-state index >= 15 is 0 Å². The molecule has 5 unspecified atom stereocenters. The second-order valence-corrected chi connectivity index (χ2v) is 2.87. The lowest BCUT2D eigenvalue weighted by Gasteiger charge is -2.28. The summed E-state index contributed by atoms with van der Waals surface area (Å²) >= 11 is 0. The molecule has 68 valence electrons. The highest BCUT2D eigenvalue weighted by molar-refractivity contribution is 5.59. The van der Waals surface area contributed by atoms with E-state index in [-0.39, 0.29) is 0 Å². The molecule has 5 atom stereocenters. The molecule has 2 aliphatic heterocycles. The van der Waals surface area contributed by atoms with Crippen molar-refractivity contribution in [2.24, 2.45) is 0 Å². The van der Waals surface area contributed by atoms with E-state index in [4.69, 9.17) is 9.84 Å². The second-order valence-electron chi connectivity index (χ2n) is 2.87. The standard InChI is InChI=1S/C6H8O6/c7-1-2-6(10)4(9)3(8)5(11-2)12-6/h1-5,8-10H. The molecule has 0 radical (unpaired) electrons. The fourth-order valence-electron chi connectivity index (χ4n) is 1.43. The molecule has 0 saturated carbocycles. The molecule has 6 nitrogen and oxygen atoms in total. The van der Waals surface area contributed by atoms with E-state index in [1.807, 2.05) is 0 Å². The Bertz CT molecular complexity index is 218. The lowest BCUT2D eigenvalue weighted by Crippen LogP contribution is -2.55. The molecular formula is C6H8O6. The fourth-order valence-corrected chi connectivity index (χ4v) is 1.43. The fraction of sp³-hybridized carbons (Fsp3) is 0.833. The maximum absolute atomic E-state index is 10.3. The van der Waals surface area contributed by atoms with Gasteiger partial charge in [0.25, 0.3) is 0 Å². The van der Waals surface area contributed by atoms with Crippen LogP contribution in [0.1, 0.15) is 0 Å². The number of carbonyl (C=O) groups excluding carboxylic acids is 1. The summed E-state index contributed by atoms with van der Waals surface area (Å²) in [5.74, 6) is -2.08. The Balaban J connectivity index is 2.29. The molecule has 2 aliphatic rings. The van der Waals surface area contributed by atoms with Gasteiger partial charge in [0.05, 0.1) is 0 Å². The summed E-state index contributed by atoms with van der Waals surface area (Å²) in [5, 5.41) is 27.7. The summed E-state index contributed by atoms with van der Waals surface area (Å²) in [4.78, 5) is 10.3. The van der Waals surface area contributed by atoms with Crippen LogP contribution in [0.2, 0.25) is 0 Å². The van der Waals surface area contributed by atoms with Gasteiger partial charge < -0.3 is 29.6 Å². The Morgan fingerprint density at radius 2 is 2.08 bits per heavy atom. The molecule has 0 aromatic heterocycles. The topological polar surface area (TPSA) is 96.2 Å². The van der Waals surface area contributed by atoms with Crippen molar-refractivity contribution in [3.8, 4) is 0 Å². The van der Waals surface area contributed by atoms with Crippen molar-refractivity contribution in [1.29, 1.82) is 0 Å². The van der Waals surface area contributed by atoms with E-state index in [2.05, 4.69) is 4.74 Å². The SMILES string of the molecule is O=CC1OC2OC1(O)C(O)C2O. The lowest BCUT2D eigenvalue weighted by molar-refractivity contribution is -0.216. The van der Waals surface area contributed by atoms with Crippen molar-refractivity contribution in [3.63, 3.8) is 0 Å². The van der Waals surface area contributed by atoms with Gasteiger partial charge in [-0.3, -0.25) is 0 Å². The van der Waals surface area contributed by atoms with Gasteiger partial charge in [0.1, 0.15) is 12.2 Å². The van der Waals surface area contributed by atoms with Crippen LogP contribution in [-0.2, 0) is 14.3 Å². The summed E-state index contributed by atoms with van der Waals surface area (Å²) < 4.78 is 9.43. The maximum Gasteiger partial charge on any atom is 0.231 e. The Labute approximate surface area is 67.3 Å². The van der Waals surface area contributed by atoms with E-state index in [0.29, 0.717) is 6.29 Å². The first kappa shape index (κ1) is 8.09. The third kappa shape index (κ3) is 0.732. The number of aldehydes is 1. The molecule has 0 aromatic carbocycles. The summed E-state index contributed by atoms with van der Waals surface area (Å²) in [5.41, 5.74) is 0. The van der Waals surface area contributed by atoms with E-state index < -0.39 is 30.4 Å². The van der Waals surface area contributed by atoms with Crippen molar-refractivity contribution in [2.75, 3.05) is 0 Å². The maximum atomic E-state index is 10.3. The van der Waals surface area contributed by atoms with Crippen molar-refractivity contribution in [2.45, 2.75) is 30.4 Å². The van der Waals surface area contributed by atoms with Gasteiger partial charge in [-0.15, -0.1) is 0 Å². The number of fused-ring (bicyclic) bond motifs is 2. The number of ether oxygens (including phenoxy) is 2. The Morgan fingerprint density at radius 1 is 1.42 bits per heavy atom. The number of rotatable bonds is 1. The Morgan fingerprint density at radius 3 is 2.50 bits per heavy atom. The van der Waals surface area contributed by atoms with Crippen LogP contribution < -0.4 is 0 Å². The molecule has 0 amide bonds. The van der Waals surface area contributed by atoms with Gasteiger partial charge in [-0.1, -0.05) is 0 Å². The molecule has 2 heterocycles. The molecule has 2 bridgehead atoms. The van der Waals surface area contributed by atoms with Gasteiger partial charge in [-0.2, -0.15) is 0 Å². The highest BCUT2D eigenvalue weighted by Gasteiger charge is 2.65. The number of aliphatic hydroxyl groups is 3. The Hall–Kier alpha value is -0.530. The van der Waals surface area contributed by atoms with Gasteiger partial charge in [-0.05, 0) is 0 Å². The van der Waals surface area contributed by atoms with Gasteiger partial charge in [0, 0.05) is 0 Å². The monoisotopic (exact) mass is 176 g/mol. The van der Waals surface area contributed by atoms with Crippen LogP contribution in [0.3, 0.4) is 0 Å². The molecule has 12 heavy (non-hydrogen) atoms. The minimum atomic E-state index is -2.08. The van der Waals surface area contributed by atoms with Gasteiger partial charge in [0.15, 0.2) is 18.7 Å². The molecule has 0 aromatic rings. The average Bonchev–Trinajstić information content (AvgIpc) is 2.48. The summed E-state index contributed by atoms with van der Waals surface area (Å²) in [7, 11) is 0. The van der Waals surface area contributed by atoms with Crippen LogP contribution in [-0.4, -0.2) is 52.0 Å². The number of hydrogen-bond acceptors (Lipinski definition) is 6. The van der Waals surface area contributed by atoms with Crippen molar-refractivity contribution >= 4 is 6.29 Å². The molecule has 0 spiro atoms. The molecule has 2 saturated heterocycles. The third-order valence-corrected chi connectivity index (χ3v) is 2.14. The third-order valence-electron chi connectivity index (χ3n) is 2.14. The molecule has 3 N–H and O–H groups in total. The molecule has 6 heteroatoms. The van der Waals surface area contributed by atoms with Crippen LogP contribution in [0, 0.1) is 0 Å². The molecular weight excluding hydrogens is 168 g/mol. The first-order valence-corrected chi connectivity index (χ1v) is 3.46. The zero-order valence-corrected chi connectivity index (χ0v) is 5.95.